The normalized spacial score (nSPS) is 13.9. The number of nitrogens with one attached hydrogen (secondary N) is 2. The van der Waals surface area contributed by atoms with Crippen molar-refractivity contribution in [3.8, 4) is 0 Å². The van der Waals surface area contributed by atoms with Crippen LogP contribution in [-0.4, -0.2) is 41.9 Å². The molecule has 2 rings (SSSR count). The van der Waals surface area contributed by atoms with E-state index >= 15 is 0 Å². The molecule has 0 saturated heterocycles. The number of hydrogen-bond acceptors (Lipinski definition) is 6. The van der Waals surface area contributed by atoms with Gasteiger partial charge >= 0.3 is 0 Å². The first-order valence-electron chi connectivity index (χ1n) is 12.2. The summed E-state index contributed by atoms with van der Waals surface area (Å²) in [6, 6.07) is 0. The minimum absolute atomic E-state index is 0.433. The fourth-order valence-electron chi connectivity index (χ4n) is 2.12. The van der Waals surface area contributed by atoms with E-state index in [0.717, 1.165) is 30.0 Å². The second-order valence-corrected chi connectivity index (χ2v) is 7.77. The summed E-state index contributed by atoms with van der Waals surface area (Å²) in [5.41, 5.74) is 4.15. The molecule has 0 saturated carbocycles. The molecule has 4 N–H and O–H groups in total. The molecular weight excluding hydrogens is 466 g/mol. The lowest BCUT2D eigenvalue weighted by Gasteiger charge is -2.17. The Balaban J connectivity index is -0.000000418. The molecule has 1 aliphatic carbocycles. The van der Waals surface area contributed by atoms with Crippen molar-refractivity contribution in [3.63, 3.8) is 0 Å². The molecule has 0 radical (unpaired) electrons. The first kappa shape index (κ1) is 37.4. The summed E-state index contributed by atoms with van der Waals surface area (Å²) in [7, 11) is 1.75. The van der Waals surface area contributed by atoms with Crippen molar-refractivity contribution < 1.29 is 19.8 Å². The van der Waals surface area contributed by atoms with Crippen molar-refractivity contribution >= 4 is 23.7 Å². The molecule has 0 bridgehead atoms. The number of aliphatic hydroxyl groups is 1. The van der Waals surface area contributed by atoms with E-state index in [2.05, 4.69) is 36.3 Å². The highest BCUT2D eigenvalue weighted by Gasteiger charge is 2.11. The van der Waals surface area contributed by atoms with E-state index in [1.54, 1.807) is 38.7 Å². The maximum absolute atomic E-state index is 11.0. The number of carbonyl (C=O) groups excluding carboxylic acids is 1. The third kappa shape index (κ3) is 24.7. The van der Waals surface area contributed by atoms with Crippen LogP contribution in [0, 0.1) is 0 Å². The van der Waals surface area contributed by atoms with Crippen LogP contribution in [0.3, 0.4) is 0 Å². The van der Waals surface area contributed by atoms with Gasteiger partial charge in [0.15, 0.2) is 5.79 Å². The number of amides is 1. The lowest BCUT2D eigenvalue weighted by atomic mass is 10.1. The van der Waals surface area contributed by atoms with E-state index in [1.165, 1.54) is 11.8 Å². The van der Waals surface area contributed by atoms with Crippen LogP contribution in [0.15, 0.2) is 63.4 Å². The summed E-state index contributed by atoms with van der Waals surface area (Å²) in [4.78, 5) is 14.9. The van der Waals surface area contributed by atoms with Gasteiger partial charge in [-0.3, -0.25) is 15.0 Å². The Kier molecular flexibility index (Phi) is 26.6. The van der Waals surface area contributed by atoms with Gasteiger partial charge in [0.25, 0.3) is 5.91 Å². The summed E-state index contributed by atoms with van der Waals surface area (Å²) in [5, 5.41) is 21.2. The third-order valence-electron chi connectivity index (χ3n) is 3.90. The van der Waals surface area contributed by atoms with Gasteiger partial charge in [0.1, 0.15) is 0 Å². The Morgan fingerprint density at radius 2 is 1.86 bits per heavy atom. The highest BCUT2D eigenvalue weighted by Crippen LogP contribution is 2.14. The molecule has 0 aromatic rings. The van der Waals surface area contributed by atoms with Crippen molar-refractivity contribution in [1.82, 2.24) is 10.8 Å². The van der Waals surface area contributed by atoms with E-state index in [-0.39, 0.29) is 0 Å². The maximum Gasteiger partial charge on any atom is 0.271 e. The predicted octanol–water partition coefficient (Wildman–Crippen LogP) is 6.55. The molecule has 8 heteroatoms. The number of carbonyl (C=O) groups is 1. The number of rotatable bonds is 6. The van der Waals surface area contributed by atoms with Crippen LogP contribution >= 0.6 is 11.6 Å². The topological polar surface area (TPSA) is 103 Å². The minimum atomic E-state index is -0.949. The number of aliphatic imine (C=N–C) groups is 1. The second-order valence-electron chi connectivity index (χ2n) is 7.29. The van der Waals surface area contributed by atoms with Crippen molar-refractivity contribution in [1.29, 1.82) is 0 Å². The van der Waals surface area contributed by atoms with Gasteiger partial charge in [-0.15, -0.1) is 0 Å². The van der Waals surface area contributed by atoms with Crippen LogP contribution in [0.5, 0.6) is 0 Å². The zero-order valence-corrected chi connectivity index (χ0v) is 23.9. The fourth-order valence-corrected chi connectivity index (χ4v) is 2.27. The monoisotopic (exact) mass is 513 g/mol. The first-order valence-corrected chi connectivity index (χ1v) is 12.6. The Morgan fingerprint density at radius 3 is 2.37 bits per heavy atom. The van der Waals surface area contributed by atoms with Gasteiger partial charge in [0.2, 0.25) is 0 Å². The lowest BCUT2D eigenvalue weighted by molar-refractivity contribution is -0.176. The molecule has 1 heterocycles. The Hall–Kier alpha value is -2.19. The quantitative estimate of drug-likeness (QED) is 0.139. The molecule has 202 valence electrons. The molecule has 35 heavy (non-hydrogen) atoms. The Bertz CT molecular complexity index is 728. The van der Waals surface area contributed by atoms with E-state index in [9.17, 15) is 4.79 Å². The van der Waals surface area contributed by atoms with Crippen LogP contribution in [0.2, 0.25) is 0 Å². The van der Waals surface area contributed by atoms with Gasteiger partial charge in [-0.1, -0.05) is 76.4 Å². The number of nitrogens with zero attached hydrogens (tertiary/aromatic N) is 1. The molecule has 1 amide bonds. The van der Waals surface area contributed by atoms with Gasteiger partial charge in [-0.25, -0.2) is 5.48 Å². The zero-order chi connectivity index (χ0) is 27.7. The molecule has 0 aromatic heterocycles. The van der Waals surface area contributed by atoms with E-state index in [4.69, 9.17) is 26.7 Å². The summed E-state index contributed by atoms with van der Waals surface area (Å²) < 4.78 is 5.03. The van der Waals surface area contributed by atoms with Crippen LogP contribution in [0.25, 0.3) is 0 Å². The molecule has 2 aliphatic rings. The molecule has 7 nitrogen and oxygen atoms in total. The highest BCUT2D eigenvalue weighted by atomic mass is 35.5. The number of allylic oxidation sites excluding steroid dienone is 8. The second kappa shape index (κ2) is 24.9. The molecule has 0 spiro atoms. The molecule has 0 atom stereocenters. The standard InChI is InChI=1S/C8H9Cl.C8H11N3O2.C7H16O2.2C2H6/c1-7-3-2-4-8(9)6-5-7;1-9-7-4-6(8(12)11-13)2-3-10-5-7;1-4-5-6-9-7(2,3)8;2*1-2/h2-5H,6H2,1H3;2-3,5,9,13H,4H2,1H3,(H,11,12);8H,4-6H2,1-3H3;2*1-2H3. The van der Waals surface area contributed by atoms with Crippen LogP contribution in [-0.2, 0) is 9.53 Å². The van der Waals surface area contributed by atoms with Crippen molar-refractivity contribution in [3.05, 3.63) is 58.5 Å². The third-order valence-corrected chi connectivity index (χ3v) is 4.18. The van der Waals surface area contributed by atoms with Gasteiger partial charge in [0, 0.05) is 55.2 Å². The van der Waals surface area contributed by atoms with Gasteiger partial charge in [-0.05, 0) is 39.3 Å². The van der Waals surface area contributed by atoms with E-state index < -0.39 is 11.7 Å². The van der Waals surface area contributed by atoms with Gasteiger partial charge in [0.05, 0.1) is 0 Å². The maximum atomic E-state index is 11.0. The van der Waals surface area contributed by atoms with Gasteiger partial charge in [-0.2, -0.15) is 0 Å². The smallest absolute Gasteiger partial charge is 0.271 e. The zero-order valence-electron chi connectivity index (χ0n) is 23.1. The summed E-state index contributed by atoms with van der Waals surface area (Å²) in [6.45, 7) is 16.1. The van der Waals surface area contributed by atoms with Crippen LogP contribution in [0.4, 0.5) is 0 Å². The minimum Gasteiger partial charge on any atom is -0.390 e. The van der Waals surface area contributed by atoms with Crippen LogP contribution < -0.4 is 10.8 Å². The number of unbranched alkanes of at least 4 members (excludes halogenated alkanes) is 1. The van der Waals surface area contributed by atoms with Crippen molar-refractivity contribution in [2.75, 3.05) is 13.7 Å². The molecular formula is C27H48ClN3O4. The fraction of sp³-hybridized carbons (Fsp3) is 0.556. The van der Waals surface area contributed by atoms with Gasteiger partial charge < -0.3 is 15.2 Å². The van der Waals surface area contributed by atoms with Crippen LogP contribution in [0.1, 0.15) is 81.1 Å². The predicted molar refractivity (Wildman–Crippen MR) is 150 cm³/mol. The Morgan fingerprint density at radius 1 is 1.23 bits per heavy atom. The lowest BCUT2D eigenvalue weighted by Crippen LogP contribution is -2.23. The average molecular weight is 514 g/mol. The highest BCUT2D eigenvalue weighted by molar-refractivity contribution is 6.29. The number of ether oxygens (including phenoxy) is 1. The summed E-state index contributed by atoms with van der Waals surface area (Å²) >= 11 is 5.75. The SMILES string of the molecule is CC.CC.CC1=CCC(Cl)=CC=C1.CCCCOC(C)(C)O.CNC1=CN=CC=C(C(=O)NO)C1. The molecule has 0 unspecified atom stereocenters. The number of hydrogen-bond donors (Lipinski definition) is 4. The number of halogens is 1. The van der Waals surface area contributed by atoms with E-state index in [1.807, 2.05) is 39.8 Å². The van der Waals surface area contributed by atoms with Crippen molar-refractivity contribution in [2.24, 2.45) is 4.99 Å². The summed E-state index contributed by atoms with van der Waals surface area (Å²) in [6.07, 6.45) is 16.2. The molecule has 0 aromatic carbocycles. The first-order chi connectivity index (χ1) is 16.6. The Labute approximate surface area is 218 Å². The molecule has 1 aliphatic heterocycles. The number of hydroxylamine groups is 1. The largest absolute Gasteiger partial charge is 0.390 e. The molecule has 0 fully saturated rings. The average Bonchev–Trinajstić information content (AvgIpc) is 3.21. The van der Waals surface area contributed by atoms with E-state index in [0.29, 0.717) is 18.6 Å². The van der Waals surface area contributed by atoms with Crippen molar-refractivity contribution in [2.45, 2.75) is 86.9 Å². The summed E-state index contributed by atoms with van der Waals surface area (Å²) in [5.74, 6) is -1.45.